The van der Waals surface area contributed by atoms with Crippen molar-refractivity contribution in [3.8, 4) is 17.2 Å². The number of hydrazone groups is 1. The number of aromatic hydroxyl groups is 2. The monoisotopic (exact) mass is 837 g/mol. The Hall–Kier alpha value is -3.92. The quantitative estimate of drug-likeness (QED) is 0.0233. The van der Waals surface area contributed by atoms with E-state index in [0.29, 0.717) is 6.42 Å². The molecule has 1 saturated heterocycles. The molecule has 1 heterocycles. The molecule has 0 saturated carbocycles. The summed E-state index contributed by atoms with van der Waals surface area (Å²) >= 11 is 0. The highest BCUT2D eigenvalue weighted by molar-refractivity contribution is 6.31. The van der Waals surface area contributed by atoms with E-state index in [1.807, 2.05) is 0 Å². The van der Waals surface area contributed by atoms with Crippen LogP contribution in [0.4, 0.5) is 0 Å². The number of nitrogens with one attached hydrogen (secondary N) is 1. The summed E-state index contributed by atoms with van der Waals surface area (Å²) in [6, 6.07) is 3.70. The molecule has 3 aliphatic rings. The van der Waals surface area contributed by atoms with Crippen molar-refractivity contribution in [2.75, 3.05) is 13.7 Å². The fourth-order valence-electron chi connectivity index (χ4n) is 8.92. The van der Waals surface area contributed by atoms with Crippen LogP contribution in [-0.2, 0) is 20.7 Å². The van der Waals surface area contributed by atoms with Crippen LogP contribution in [-0.4, -0.2) is 92.6 Å². The third kappa shape index (κ3) is 11.1. The highest BCUT2D eigenvalue weighted by Gasteiger charge is 2.49. The summed E-state index contributed by atoms with van der Waals surface area (Å²) in [7, 11) is 1.34. The van der Waals surface area contributed by atoms with Crippen LogP contribution in [0.1, 0.15) is 185 Å². The largest absolute Gasteiger partial charge is 0.507 e. The lowest BCUT2D eigenvalue weighted by Gasteiger charge is -2.43. The highest BCUT2D eigenvalue weighted by atomic mass is 16.7. The van der Waals surface area contributed by atoms with E-state index in [1.54, 1.807) is 6.92 Å². The molecule has 14 nitrogen and oxygen atoms in total. The number of fused-ring (bicyclic) bond motifs is 3. The first-order chi connectivity index (χ1) is 28.9. The Balaban J connectivity index is 1.24. The summed E-state index contributed by atoms with van der Waals surface area (Å²) in [5.41, 5.74) is 5.07. The average Bonchev–Trinajstić information content (AvgIpc) is 3.22. The lowest BCUT2D eigenvalue weighted by molar-refractivity contribution is -0.245. The Morgan fingerprint density at radius 1 is 0.900 bits per heavy atom. The second kappa shape index (κ2) is 22.3. The molecule has 2 aromatic rings. The molecule has 0 aromatic heterocycles. The van der Waals surface area contributed by atoms with Gasteiger partial charge in [-0.05, 0) is 19.4 Å². The Bertz CT molecular complexity index is 1820. The number of benzene rings is 2. The summed E-state index contributed by atoms with van der Waals surface area (Å²) < 4.78 is 17.6. The molecule has 1 aliphatic heterocycles. The fourth-order valence-corrected chi connectivity index (χ4v) is 8.92. The number of ether oxygens (including phenoxy) is 3. The van der Waals surface area contributed by atoms with Gasteiger partial charge in [-0.25, -0.2) is 5.43 Å². The molecule has 2 aromatic carbocycles. The van der Waals surface area contributed by atoms with Crippen LogP contribution < -0.4 is 15.9 Å². The number of nitrogens with two attached hydrogens (primary N) is 1. The third-order valence-corrected chi connectivity index (χ3v) is 12.4. The van der Waals surface area contributed by atoms with Gasteiger partial charge in [-0.1, -0.05) is 115 Å². The molecule has 2 aliphatic carbocycles. The predicted octanol–water partition coefficient (Wildman–Crippen LogP) is 6.56. The number of nitrogens with zero attached hydrogens (tertiary/aromatic N) is 1. The predicted molar refractivity (Wildman–Crippen MR) is 226 cm³/mol. The molecule has 1 amide bonds. The van der Waals surface area contributed by atoms with Gasteiger partial charge in [0.1, 0.15) is 22.8 Å². The van der Waals surface area contributed by atoms with Gasteiger partial charge in [0.2, 0.25) is 11.7 Å². The first kappa shape index (κ1) is 47.1. The normalized spacial score (nSPS) is 23.9. The van der Waals surface area contributed by atoms with E-state index < -0.39 is 89.4 Å². The minimum absolute atomic E-state index is 0.0196. The molecule has 6 atom stereocenters. The number of amides is 1. The van der Waals surface area contributed by atoms with Gasteiger partial charge in [-0.3, -0.25) is 14.4 Å². The maximum Gasteiger partial charge on any atom is 0.240 e. The van der Waals surface area contributed by atoms with Crippen LogP contribution in [0.25, 0.3) is 0 Å². The van der Waals surface area contributed by atoms with Gasteiger partial charge in [-0.2, -0.15) is 5.10 Å². The molecule has 6 unspecified atom stereocenters. The Morgan fingerprint density at radius 3 is 2.05 bits per heavy atom. The second-order valence-electron chi connectivity index (χ2n) is 16.9. The average molecular weight is 838 g/mol. The summed E-state index contributed by atoms with van der Waals surface area (Å²) in [5.74, 6) is -3.10. The van der Waals surface area contributed by atoms with E-state index in [9.17, 15) is 39.9 Å². The second-order valence-corrected chi connectivity index (χ2v) is 16.9. The lowest BCUT2D eigenvalue weighted by Crippen LogP contribution is -2.53. The van der Waals surface area contributed by atoms with Crippen LogP contribution >= 0.6 is 0 Å². The van der Waals surface area contributed by atoms with Gasteiger partial charge in [0.15, 0.2) is 12.1 Å². The number of hydrogen-bond donors (Lipinski definition) is 7. The standard InChI is InChI=1S/C46H67N3O11/c1-4-5-6-7-8-9-10-11-12-13-14-15-16-17-18-19-23-35(51)49-48-34(27-50)46(57)25-30-38(33(26-46)60-36-24-31(47)41(52)28(2)59-36)45(56)40-39(43(30)54)42(53)29-21-20-22-32(58-3)37(29)44(40)55/h20-22,28,31,33,36,41,50,52,54,56-57H,4-19,23-27,47H2,1-3H3,(H,49,51)/b48-34-. The maximum absolute atomic E-state index is 14.0. The Morgan fingerprint density at radius 2 is 1.48 bits per heavy atom. The minimum atomic E-state index is -2.09. The number of carbonyl (C=O) groups excluding carboxylic acids is 3. The van der Waals surface area contributed by atoms with Gasteiger partial charge in [0.05, 0.1) is 54.4 Å². The van der Waals surface area contributed by atoms with Crippen molar-refractivity contribution in [1.29, 1.82) is 0 Å². The van der Waals surface area contributed by atoms with Crippen LogP contribution in [0.15, 0.2) is 23.3 Å². The fraction of sp³-hybridized carbons (Fsp3) is 0.652. The number of rotatable bonds is 23. The third-order valence-electron chi connectivity index (χ3n) is 12.4. The van der Waals surface area contributed by atoms with Crippen LogP contribution in [0.2, 0.25) is 0 Å². The smallest absolute Gasteiger partial charge is 0.240 e. The molecule has 0 bridgehead atoms. The molecule has 5 rings (SSSR count). The zero-order valence-electron chi connectivity index (χ0n) is 35.7. The number of unbranched alkanes of at least 4 members (excludes halogenated alkanes) is 15. The number of phenols is 2. The van der Waals surface area contributed by atoms with E-state index in [0.717, 1.165) is 19.3 Å². The first-order valence-electron chi connectivity index (χ1n) is 22.2. The van der Waals surface area contributed by atoms with Crippen molar-refractivity contribution < 1.29 is 54.1 Å². The SMILES string of the molecule is CCCCCCCCCCCCCCCCCCC(=O)N/N=C(/CO)C1(O)Cc2c(O)c3c(c(O)c2C(OC2CC(N)C(O)C(C)O2)C1)C(=O)c1c(OC)cccc1C3=O. The lowest BCUT2D eigenvalue weighted by atomic mass is 9.71. The number of aliphatic hydroxyl groups is 3. The van der Waals surface area contributed by atoms with Crippen molar-refractivity contribution >= 4 is 23.2 Å². The van der Waals surface area contributed by atoms with Gasteiger partial charge in [0.25, 0.3) is 0 Å². The number of ketones is 2. The number of hydrogen-bond acceptors (Lipinski definition) is 13. The molecule has 0 spiro atoms. The van der Waals surface area contributed by atoms with Crippen molar-refractivity contribution in [1.82, 2.24) is 5.43 Å². The first-order valence-corrected chi connectivity index (χ1v) is 22.2. The number of phenolic OH excluding ortho intramolecular Hbond substituents is 2. The zero-order valence-corrected chi connectivity index (χ0v) is 35.7. The van der Waals surface area contributed by atoms with Crippen molar-refractivity contribution in [2.45, 2.75) is 179 Å². The van der Waals surface area contributed by atoms with E-state index in [2.05, 4.69) is 17.5 Å². The van der Waals surface area contributed by atoms with Gasteiger partial charge in [-0.15, -0.1) is 0 Å². The number of methoxy groups -OCH3 is 1. The van der Waals surface area contributed by atoms with E-state index in [-0.39, 0.29) is 53.0 Å². The topological polar surface area (TPSA) is 230 Å². The zero-order chi connectivity index (χ0) is 43.4. The Labute approximate surface area is 353 Å². The molecule has 14 heteroatoms. The molecular formula is C46H67N3O11. The minimum Gasteiger partial charge on any atom is -0.507 e. The van der Waals surface area contributed by atoms with E-state index in [4.69, 9.17) is 19.9 Å². The summed E-state index contributed by atoms with van der Waals surface area (Å²) in [4.78, 5) is 40.8. The van der Waals surface area contributed by atoms with Crippen LogP contribution in [0.3, 0.4) is 0 Å². The van der Waals surface area contributed by atoms with E-state index in [1.165, 1.54) is 102 Å². The van der Waals surface area contributed by atoms with Crippen LogP contribution in [0.5, 0.6) is 17.2 Å². The maximum atomic E-state index is 14.0. The highest BCUT2D eigenvalue weighted by Crippen LogP contribution is 2.52. The van der Waals surface area contributed by atoms with Crippen molar-refractivity contribution in [3.05, 3.63) is 51.6 Å². The number of aliphatic hydroxyl groups excluding tert-OH is 2. The van der Waals surface area contributed by atoms with E-state index >= 15 is 0 Å². The summed E-state index contributed by atoms with van der Waals surface area (Å²) in [6.45, 7) is 3.06. The molecule has 60 heavy (non-hydrogen) atoms. The molecular weight excluding hydrogens is 771 g/mol. The Kier molecular flexibility index (Phi) is 17.5. The van der Waals surface area contributed by atoms with Gasteiger partial charge >= 0.3 is 0 Å². The van der Waals surface area contributed by atoms with Crippen molar-refractivity contribution in [3.63, 3.8) is 0 Å². The molecule has 332 valence electrons. The van der Waals surface area contributed by atoms with Crippen molar-refractivity contribution in [2.24, 2.45) is 10.8 Å². The van der Waals surface area contributed by atoms with Gasteiger partial charge in [0, 0.05) is 48.4 Å². The molecule has 0 radical (unpaired) electrons. The molecule has 1 fully saturated rings. The number of carbonyl (C=O) groups is 3. The summed E-state index contributed by atoms with van der Waals surface area (Å²) in [6.07, 6.45) is 14.6. The van der Waals surface area contributed by atoms with Gasteiger partial charge < -0.3 is 45.5 Å². The molecule has 8 N–H and O–H groups in total. The van der Waals surface area contributed by atoms with Crippen LogP contribution in [0, 0.1) is 0 Å². The summed E-state index contributed by atoms with van der Waals surface area (Å²) in [5, 5.41) is 61.0.